The first-order chi connectivity index (χ1) is 13.0. The minimum atomic E-state index is -0.446. The largest absolute Gasteiger partial charge is 0.339 e. The molecule has 3 rings (SSSR count). The fraction of sp³-hybridized carbons (Fsp3) is 0.278. The molecule has 0 aliphatic rings. The molecule has 27 heavy (non-hydrogen) atoms. The Kier molecular flexibility index (Phi) is 5.60. The molecule has 0 aliphatic heterocycles. The van der Waals surface area contributed by atoms with Crippen molar-refractivity contribution in [1.29, 1.82) is 0 Å². The smallest absolute Gasteiger partial charge is 0.269 e. The number of nitro groups is 1. The monoisotopic (exact) mass is 386 g/mol. The summed E-state index contributed by atoms with van der Waals surface area (Å²) in [6.45, 7) is 1.83. The summed E-state index contributed by atoms with van der Waals surface area (Å²) in [4.78, 5) is 28.8. The van der Waals surface area contributed by atoms with Crippen LogP contribution in [0.3, 0.4) is 0 Å². The van der Waals surface area contributed by atoms with Gasteiger partial charge in [-0.1, -0.05) is 17.3 Å². The molecule has 2 heterocycles. The van der Waals surface area contributed by atoms with Crippen molar-refractivity contribution in [3.8, 4) is 11.4 Å². The second-order valence-corrected chi connectivity index (χ2v) is 6.84. The first-order valence-electron chi connectivity index (χ1n) is 8.31. The third-order valence-corrected chi connectivity index (χ3v) is 5.02. The highest BCUT2D eigenvalue weighted by molar-refractivity contribution is 7.08. The summed E-state index contributed by atoms with van der Waals surface area (Å²) in [7, 11) is 1.68. The highest BCUT2D eigenvalue weighted by Crippen LogP contribution is 2.24. The van der Waals surface area contributed by atoms with Gasteiger partial charge in [0.2, 0.25) is 17.6 Å². The predicted molar refractivity (Wildman–Crippen MR) is 100 cm³/mol. The van der Waals surface area contributed by atoms with Gasteiger partial charge in [-0.3, -0.25) is 14.9 Å². The normalized spacial score (nSPS) is 11.9. The molecular formula is C18H18N4O4S. The second-order valence-electron chi connectivity index (χ2n) is 6.06. The van der Waals surface area contributed by atoms with Gasteiger partial charge < -0.3 is 9.42 Å². The average Bonchev–Trinajstić information content (AvgIpc) is 3.36. The Morgan fingerprint density at radius 1 is 1.41 bits per heavy atom. The van der Waals surface area contributed by atoms with Crippen LogP contribution in [0.25, 0.3) is 11.4 Å². The SMILES string of the molecule is CC(c1cccc([N+](=O)[O-])c1)N(C)C(=O)CCc1nc(-c2ccsc2)no1. The van der Waals surface area contributed by atoms with Crippen LogP contribution in [-0.2, 0) is 11.2 Å². The van der Waals surface area contributed by atoms with E-state index in [1.54, 1.807) is 35.4 Å². The Hall–Kier alpha value is -3.07. The number of amides is 1. The van der Waals surface area contributed by atoms with Crippen molar-refractivity contribution in [2.24, 2.45) is 0 Å². The van der Waals surface area contributed by atoms with Gasteiger partial charge in [0, 0.05) is 43.0 Å². The van der Waals surface area contributed by atoms with Gasteiger partial charge in [-0.05, 0) is 23.9 Å². The van der Waals surface area contributed by atoms with E-state index < -0.39 is 4.92 Å². The Labute approximate surface area is 159 Å². The molecule has 0 radical (unpaired) electrons. The molecule has 8 nitrogen and oxygen atoms in total. The molecule has 0 aliphatic carbocycles. The number of carbonyl (C=O) groups excluding carboxylic acids is 1. The molecule has 140 valence electrons. The minimum Gasteiger partial charge on any atom is -0.339 e. The van der Waals surface area contributed by atoms with E-state index in [0.29, 0.717) is 23.7 Å². The number of benzene rings is 1. The molecule has 3 aromatic rings. The lowest BCUT2D eigenvalue weighted by atomic mass is 10.1. The van der Waals surface area contributed by atoms with Gasteiger partial charge in [-0.15, -0.1) is 0 Å². The van der Waals surface area contributed by atoms with E-state index >= 15 is 0 Å². The fourth-order valence-corrected chi connectivity index (χ4v) is 3.23. The molecular weight excluding hydrogens is 368 g/mol. The second kappa shape index (κ2) is 8.09. The lowest BCUT2D eigenvalue weighted by Gasteiger charge is -2.25. The van der Waals surface area contributed by atoms with Crippen LogP contribution in [0.15, 0.2) is 45.6 Å². The molecule has 2 aromatic heterocycles. The standard InChI is InChI=1S/C18H18N4O4S/c1-12(13-4-3-5-15(10-13)22(24)25)21(2)17(23)7-6-16-19-18(20-26-16)14-8-9-27-11-14/h3-5,8-12H,6-7H2,1-2H3. The number of rotatable bonds is 7. The van der Waals surface area contributed by atoms with Gasteiger partial charge in [-0.2, -0.15) is 16.3 Å². The van der Waals surface area contributed by atoms with Gasteiger partial charge in [0.15, 0.2) is 0 Å². The molecule has 1 aromatic carbocycles. The van der Waals surface area contributed by atoms with E-state index in [9.17, 15) is 14.9 Å². The minimum absolute atomic E-state index is 0.00650. The van der Waals surface area contributed by atoms with Crippen LogP contribution in [0.5, 0.6) is 0 Å². The zero-order valence-corrected chi connectivity index (χ0v) is 15.7. The van der Waals surface area contributed by atoms with E-state index in [0.717, 1.165) is 5.56 Å². The van der Waals surface area contributed by atoms with Gasteiger partial charge in [0.25, 0.3) is 5.69 Å². The number of carbonyl (C=O) groups is 1. The number of hydrogen-bond acceptors (Lipinski definition) is 7. The topological polar surface area (TPSA) is 102 Å². The number of hydrogen-bond donors (Lipinski definition) is 0. The van der Waals surface area contributed by atoms with Crippen LogP contribution >= 0.6 is 11.3 Å². The van der Waals surface area contributed by atoms with Crippen LogP contribution in [0.2, 0.25) is 0 Å². The van der Waals surface area contributed by atoms with Crippen molar-refractivity contribution in [2.75, 3.05) is 7.05 Å². The summed E-state index contributed by atoms with van der Waals surface area (Å²) in [6, 6.07) is 7.91. The molecule has 1 amide bonds. The van der Waals surface area contributed by atoms with Crippen molar-refractivity contribution in [3.05, 3.63) is 62.7 Å². The van der Waals surface area contributed by atoms with Crippen molar-refractivity contribution < 1.29 is 14.2 Å². The van der Waals surface area contributed by atoms with Crippen molar-refractivity contribution in [3.63, 3.8) is 0 Å². The number of nitrogens with zero attached hydrogens (tertiary/aromatic N) is 4. The van der Waals surface area contributed by atoms with E-state index in [2.05, 4.69) is 10.1 Å². The van der Waals surface area contributed by atoms with Gasteiger partial charge in [-0.25, -0.2) is 0 Å². The number of aromatic nitrogens is 2. The third-order valence-electron chi connectivity index (χ3n) is 4.34. The third kappa shape index (κ3) is 4.37. The summed E-state index contributed by atoms with van der Waals surface area (Å²) >= 11 is 1.55. The van der Waals surface area contributed by atoms with Crippen molar-refractivity contribution >= 4 is 22.9 Å². The Morgan fingerprint density at radius 3 is 2.93 bits per heavy atom. The summed E-state index contributed by atoms with van der Waals surface area (Å²) in [5.74, 6) is 0.808. The summed E-state index contributed by atoms with van der Waals surface area (Å²) in [5.41, 5.74) is 1.60. The molecule has 1 atom stereocenters. The number of nitro benzene ring substituents is 1. The summed E-state index contributed by atoms with van der Waals surface area (Å²) < 4.78 is 5.20. The maximum absolute atomic E-state index is 12.5. The highest BCUT2D eigenvalue weighted by atomic mass is 32.1. The van der Waals surface area contributed by atoms with Crippen LogP contribution < -0.4 is 0 Å². The summed E-state index contributed by atoms with van der Waals surface area (Å²) in [5, 5.41) is 18.7. The number of aryl methyl sites for hydroxylation is 1. The molecule has 1 unspecified atom stereocenters. The fourth-order valence-electron chi connectivity index (χ4n) is 2.59. The molecule has 0 fully saturated rings. The first kappa shape index (κ1) is 18.7. The molecule has 9 heteroatoms. The highest BCUT2D eigenvalue weighted by Gasteiger charge is 2.20. The quantitative estimate of drug-likeness (QED) is 0.451. The Bertz CT molecular complexity index is 939. The van der Waals surface area contributed by atoms with Gasteiger partial charge in [0.1, 0.15) is 0 Å². The maximum Gasteiger partial charge on any atom is 0.269 e. The van der Waals surface area contributed by atoms with E-state index in [4.69, 9.17) is 4.52 Å². The van der Waals surface area contributed by atoms with Gasteiger partial charge in [0.05, 0.1) is 11.0 Å². The van der Waals surface area contributed by atoms with Crippen LogP contribution in [0, 0.1) is 10.1 Å². The predicted octanol–water partition coefficient (Wildman–Crippen LogP) is 3.86. The number of thiophene rings is 1. The summed E-state index contributed by atoms with van der Waals surface area (Å²) in [6.07, 6.45) is 0.545. The van der Waals surface area contributed by atoms with Crippen LogP contribution in [0.1, 0.15) is 30.8 Å². The number of non-ortho nitro benzene ring substituents is 1. The van der Waals surface area contributed by atoms with E-state index in [-0.39, 0.29) is 24.1 Å². The zero-order chi connectivity index (χ0) is 19.4. The molecule has 0 saturated heterocycles. The van der Waals surface area contributed by atoms with Gasteiger partial charge >= 0.3 is 0 Å². The zero-order valence-electron chi connectivity index (χ0n) is 14.9. The lowest BCUT2D eigenvalue weighted by molar-refractivity contribution is -0.384. The Balaban J connectivity index is 1.60. The molecule has 0 bridgehead atoms. The van der Waals surface area contributed by atoms with Crippen LogP contribution in [0.4, 0.5) is 5.69 Å². The molecule has 0 saturated carbocycles. The molecule has 0 spiro atoms. The molecule has 0 N–H and O–H groups in total. The van der Waals surface area contributed by atoms with Crippen LogP contribution in [-0.4, -0.2) is 32.9 Å². The Morgan fingerprint density at radius 2 is 2.22 bits per heavy atom. The first-order valence-corrected chi connectivity index (χ1v) is 9.25. The van der Waals surface area contributed by atoms with Crippen molar-refractivity contribution in [1.82, 2.24) is 15.0 Å². The van der Waals surface area contributed by atoms with Crippen molar-refractivity contribution in [2.45, 2.75) is 25.8 Å². The average molecular weight is 386 g/mol. The lowest BCUT2D eigenvalue weighted by Crippen LogP contribution is -2.29. The van der Waals surface area contributed by atoms with E-state index in [1.807, 2.05) is 23.8 Å². The maximum atomic E-state index is 12.5. The van der Waals surface area contributed by atoms with E-state index in [1.165, 1.54) is 12.1 Å².